The SMILES string of the molecule is CC1(C)c2c(ccc3ccccc23)-c2ccc3oc4cc(-c5c6ccccc6c(-c6ccc7cc(-c8ccccc8)ccc7c6)c6ccccc56)ccc4c3c21. The molecule has 1 aliphatic carbocycles. The number of fused-ring (bicyclic) bond motifs is 12. The average Bonchev–Trinajstić information content (AvgIpc) is 3.73. The van der Waals surface area contributed by atoms with Gasteiger partial charge in [-0.2, -0.15) is 0 Å². The fourth-order valence-corrected chi connectivity index (χ4v) is 10.2. The molecule has 1 heterocycles. The molecule has 10 aromatic carbocycles. The van der Waals surface area contributed by atoms with E-state index in [0.29, 0.717) is 0 Å². The minimum atomic E-state index is -0.185. The minimum Gasteiger partial charge on any atom is -0.456 e. The van der Waals surface area contributed by atoms with Crippen molar-refractivity contribution in [2.45, 2.75) is 19.3 Å². The zero-order valence-corrected chi connectivity index (χ0v) is 31.2. The lowest BCUT2D eigenvalue weighted by molar-refractivity contribution is 0.660. The lowest BCUT2D eigenvalue weighted by Crippen LogP contribution is -2.16. The topological polar surface area (TPSA) is 13.1 Å². The minimum absolute atomic E-state index is 0.185. The van der Waals surface area contributed by atoms with Gasteiger partial charge in [-0.1, -0.05) is 166 Å². The number of benzene rings is 10. The maximum atomic E-state index is 6.81. The first kappa shape index (κ1) is 31.4. The third-order valence-corrected chi connectivity index (χ3v) is 12.6. The summed E-state index contributed by atoms with van der Waals surface area (Å²) in [6, 6.07) is 66.9. The van der Waals surface area contributed by atoms with E-state index in [1.807, 2.05) is 0 Å². The van der Waals surface area contributed by atoms with Gasteiger partial charge >= 0.3 is 0 Å². The Morgan fingerprint density at radius 1 is 0.339 bits per heavy atom. The van der Waals surface area contributed by atoms with Crippen LogP contribution < -0.4 is 0 Å². The molecule has 0 bridgehead atoms. The molecule has 12 rings (SSSR count). The van der Waals surface area contributed by atoms with Crippen molar-refractivity contribution in [2.75, 3.05) is 0 Å². The second-order valence-electron chi connectivity index (χ2n) is 16.0. The summed E-state index contributed by atoms with van der Waals surface area (Å²) in [6.45, 7) is 4.77. The van der Waals surface area contributed by atoms with Crippen molar-refractivity contribution in [3.63, 3.8) is 0 Å². The van der Waals surface area contributed by atoms with Crippen LogP contribution in [0.5, 0.6) is 0 Å². The molecule has 1 heteroatoms. The largest absolute Gasteiger partial charge is 0.456 e. The Morgan fingerprint density at radius 3 is 1.55 bits per heavy atom. The maximum Gasteiger partial charge on any atom is 0.136 e. The second kappa shape index (κ2) is 11.5. The molecule has 0 radical (unpaired) electrons. The van der Waals surface area contributed by atoms with E-state index in [4.69, 9.17) is 4.42 Å². The summed E-state index contributed by atoms with van der Waals surface area (Å²) in [5.41, 5.74) is 14.4. The van der Waals surface area contributed by atoms with Gasteiger partial charge in [0.1, 0.15) is 11.2 Å². The van der Waals surface area contributed by atoms with Crippen molar-refractivity contribution in [3.8, 4) is 44.5 Å². The maximum absolute atomic E-state index is 6.81. The smallest absolute Gasteiger partial charge is 0.136 e. The van der Waals surface area contributed by atoms with Crippen LogP contribution in [0.2, 0.25) is 0 Å². The predicted molar refractivity (Wildman–Crippen MR) is 238 cm³/mol. The van der Waals surface area contributed by atoms with E-state index < -0.39 is 0 Å². The predicted octanol–water partition coefficient (Wildman–Crippen LogP) is 15.5. The molecule has 1 aromatic heterocycles. The summed E-state index contributed by atoms with van der Waals surface area (Å²) in [6.07, 6.45) is 0. The molecule has 262 valence electrons. The first-order valence-electron chi connectivity index (χ1n) is 19.6. The molecule has 0 atom stereocenters. The Labute approximate surface area is 325 Å². The lowest BCUT2D eigenvalue weighted by Gasteiger charge is -2.24. The van der Waals surface area contributed by atoms with Crippen LogP contribution in [0.1, 0.15) is 25.0 Å². The quantitative estimate of drug-likeness (QED) is 0.166. The van der Waals surface area contributed by atoms with Crippen LogP contribution >= 0.6 is 0 Å². The molecule has 1 nitrogen and oxygen atoms in total. The van der Waals surface area contributed by atoms with Crippen molar-refractivity contribution in [1.29, 1.82) is 0 Å². The van der Waals surface area contributed by atoms with E-state index in [9.17, 15) is 0 Å². The molecule has 0 saturated heterocycles. The molecule has 0 amide bonds. The van der Waals surface area contributed by atoms with Crippen LogP contribution in [0.3, 0.4) is 0 Å². The van der Waals surface area contributed by atoms with Crippen molar-refractivity contribution in [2.24, 2.45) is 0 Å². The first-order chi connectivity index (χ1) is 27.5. The number of furan rings is 1. The highest BCUT2D eigenvalue weighted by atomic mass is 16.3. The molecule has 1 aliphatic rings. The molecular formula is C55H36O. The highest BCUT2D eigenvalue weighted by Gasteiger charge is 2.39. The van der Waals surface area contributed by atoms with Gasteiger partial charge in [-0.25, -0.2) is 0 Å². The highest BCUT2D eigenvalue weighted by molar-refractivity contribution is 6.22. The van der Waals surface area contributed by atoms with Gasteiger partial charge in [0.2, 0.25) is 0 Å². The highest BCUT2D eigenvalue weighted by Crippen LogP contribution is 2.55. The van der Waals surface area contributed by atoms with Gasteiger partial charge in [0.25, 0.3) is 0 Å². The van der Waals surface area contributed by atoms with E-state index in [2.05, 4.69) is 196 Å². The fraction of sp³-hybridized carbons (Fsp3) is 0.0545. The van der Waals surface area contributed by atoms with Gasteiger partial charge in [0.05, 0.1) is 0 Å². The van der Waals surface area contributed by atoms with E-state index in [1.165, 1.54) is 104 Å². The van der Waals surface area contributed by atoms with Crippen LogP contribution in [0.25, 0.3) is 110 Å². The Hall–Kier alpha value is -6.96. The van der Waals surface area contributed by atoms with E-state index >= 15 is 0 Å². The molecule has 0 spiro atoms. The summed E-state index contributed by atoms with van der Waals surface area (Å²) in [4.78, 5) is 0. The van der Waals surface area contributed by atoms with Crippen LogP contribution in [-0.4, -0.2) is 0 Å². The van der Waals surface area contributed by atoms with E-state index in [0.717, 1.165) is 16.7 Å². The van der Waals surface area contributed by atoms with E-state index in [-0.39, 0.29) is 5.41 Å². The molecule has 0 aliphatic heterocycles. The Kier molecular flexibility index (Phi) is 6.46. The molecule has 0 unspecified atom stereocenters. The van der Waals surface area contributed by atoms with Crippen LogP contribution in [0.15, 0.2) is 186 Å². The molecule has 0 N–H and O–H groups in total. The normalized spacial score (nSPS) is 13.3. The zero-order valence-electron chi connectivity index (χ0n) is 31.2. The Morgan fingerprint density at radius 2 is 0.857 bits per heavy atom. The van der Waals surface area contributed by atoms with Crippen molar-refractivity contribution >= 4 is 65.0 Å². The van der Waals surface area contributed by atoms with Crippen molar-refractivity contribution < 1.29 is 4.42 Å². The summed E-state index contributed by atoms with van der Waals surface area (Å²) < 4.78 is 6.81. The lowest BCUT2D eigenvalue weighted by atomic mass is 9.78. The van der Waals surface area contributed by atoms with Crippen LogP contribution in [0, 0.1) is 0 Å². The van der Waals surface area contributed by atoms with Gasteiger partial charge in [-0.05, 0) is 129 Å². The van der Waals surface area contributed by atoms with E-state index in [1.54, 1.807) is 0 Å². The van der Waals surface area contributed by atoms with Crippen LogP contribution in [-0.2, 0) is 5.41 Å². The molecule has 0 fully saturated rings. The first-order valence-corrected chi connectivity index (χ1v) is 19.6. The van der Waals surface area contributed by atoms with Gasteiger partial charge in [-0.3, -0.25) is 0 Å². The summed E-state index contributed by atoms with van der Waals surface area (Å²) in [7, 11) is 0. The molecular weight excluding hydrogens is 677 g/mol. The molecule has 0 saturated carbocycles. The Balaban J connectivity index is 1.04. The second-order valence-corrected chi connectivity index (χ2v) is 16.0. The average molecular weight is 713 g/mol. The zero-order chi connectivity index (χ0) is 37.1. The fourth-order valence-electron chi connectivity index (χ4n) is 10.2. The molecule has 56 heavy (non-hydrogen) atoms. The molecule has 11 aromatic rings. The summed E-state index contributed by atoms with van der Waals surface area (Å²) in [5.74, 6) is 0. The number of rotatable bonds is 3. The third-order valence-electron chi connectivity index (χ3n) is 12.6. The monoisotopic (exact) mass is 712 g/mol. The van der Waals surface area contributed by atoms with Gasteiger partial charge in [0.15, 0.2) is 0 Å². The standard InChI is InChI=1S/C55H36O/c1-55(2)53-40-15-7-6-14-34(40)24-26-45(53)46-28-29-48-52(54(46)55)47-27-25-39(32-49(47)56-48)51-43-18-10-8-16-41(43)50(42-17-9-11-19-44(42)51)38-23-22-36-30-35(20-21-37(36)31-38)33-12-4-3-5-13-33/h3-32H,1-2H3. The van der Waals surface area contributed by atoms with Crippen molar-refractivity contribution in [1.82, 2.24) is 0 Å². The van der Waals surface area contributed by atoms with Gasteiger partial charge in [-0.15, -0.1) is 0 Å². The van der Waals surface area contributed by atoms with Crippen molar-refractivity contribution in [3.05, 3.63) is 193 Å². The van der Waals surface area contributed by atoms with Crippen LogP contribution in [0.4, 0.5) is 0 Å². The Bertz CT molecular complexity index is 3380. The van der Waals surface area contributed by atoms with Gasteiger partial charge < -0.3 is 4.42 Å². The number of hydrogen-bond acceptors (Lipinski definition) is 1. The van der Waals surface area contributed by atoms with Gasteiger partial charge in [0, 0.05) is 16.2 Å². The third kappa shape index (κ3) is 4.37. The summed E-state index contributed by atoms with van der Waals surface area (Å²) in [5, 5.41) is 12.5. The summed E-state index contributed by atoms with van der Waals surface area (Å²) >= 11 is 0. The number of hydrogen-bond donors (Lipinski definition) is 0.